The number of carbonyl (C=O) groups is 2. The molecule has 0 atom stereocenters. The summed E-state index contributed by atoms with van der Waals surface area (Å²) in [5.41, 5.74) is 7.82. The molecule has 134 valence electrons. The second-order valence-electron chi connectivity index (χ2n) is 5.82. The van der Waals surface area contributed by atoms with Crippen molar-refractivity contribution >= 4 is 22.8 Å². The summed E-state index contributed by atoms with van der Waals surface area (Å²) in [5.74, 6) is -0.832. The third-order valence-corrected chi connectivity index (χ3v) is 4.00. The van der Waals surface area contributed by atoms with Crippen molar-refractivity contribution in [2.75, 3.05) is 0 Å². The van der Waals surface area contributed by atoms with E-state index in [-0.39, 0.29) is 5.76 Å². The summed E-state index contributed by atoms with van der Waals surface area (Å²) < 4.78 is 6.75. The molecule has 0 fully saturated rings. The average Bonchev–Trinajstić information content (AvgIpc) is 3.37. The molecule has 0 unspecified atom stereocenters. The van der Waals surface area contributed by atoms with Crippen molar-refractivity contribution in [3.63, 3.8) is 0 Å². The number of hydrogen-bond acceptors (Lipinski definition) is 5. The van der Waals surface area contributed by atoms with Crippen molar-refractivity contribution in [1.82, 2.24) is 25.8 Å². The summed E-state index contributed by atoms with van der Waals surface area (Å²) in [6.07, 6.45) is 1.38. The highest BCUT2D eigenvalue weighted by molar-refractivity contribution is 5.97. The number of nitrogens with zero attached hydrogens (tertiary/aromatic N) is 3. The first-order chi connectivity index (χ1) is 13.2. The lowest BCUT2D eigenvalue weighted by atomic mass is 10.1. The molecule has 0 aliphatic heterocycles. The smallest absolute Gasteiger partial charge is 0.305 e. The van der Waals surface area contributed by atoms with Gasteiger partial charge >= 0.3 is 5.91 Å². The molecule has 2 aromatic carbocycles. The molecule has 8 nitrogen and oxygen atoms in total. The van der Waals surface area contributed by atoms with E-state index in [1.165, 1.54) is 12.3 Å². The van der Waals surface area contributed by atoms with E-state index in [1.807, 2.05) is 36.4 Å². The van der Waals surface area contributed by atoms with Crippen LogP contribution in [-0.4, -0.2) is 26.8 Å². The number of carbonyl (C=O) groups excluding carboxylic acids is 2. The van der Waals surface area contributed by atoms with Crippen LogP contribution in [0.15, 0.2) is 71.3 Å². The van der Waals surface area contributed by atoms with Gasteiger partial charge in [0, 0.05) is 5.56 Å². The number of hydrazine groups is 1. The lowest BCUT2D eigenvalue weighted by Gasteiger charge is -2.07. The van der Waals surface area contributed by atoms with E-state index in [0.717, 1.165) is 16.6 Å². The van der Waals surface area contributed by atoms with Gasteiger partial charge in [-0.25, -0.2) is 4.68 Å². The van der Waals surface area contributed by atoms with Crippen LogP contribution in [0.4, 0.5) is 0 Å². The first kappa shape index (κ1) is 16.5. The van der Waals surface area contributed by atoms with Gasteiger partial charge in [0.05, 0.1) is 18.3 Å². The summed E-state index contributed by atoms with van der Waals surface area (Å²) in [4.78, 5) is 23.9. The zero-order chi connectivity index (χ0) is 18.6. The Morgan fingerprint density at radius 2 is 1.70 bits per heavy atom. The van der Waals surface area contributed by atoms with Gasteiger partial charge in [0.1, 0.15) is 5.52 Å². The van der Waals surface area contributed by atoms with Crippen molar-refractivity contribution in [3.05, 3.63) is 83.8 Å². The Labute approximate surface area is 153 Å². The Hall–Kier alpha value is -3.94. The fourth-order valence-corrected chi connectivity index (χ4v) is 2.62. The molecule has 2 amide bonds. The molecule has 0 aliphatic rings. The van der Waals surface area contributed by atoms with Crippen molar-refractivity contribution in [3.8, 4) is 0 Å². The molecule has 0 spiro atoms. The van der Waals surface area contributed by atoms with Crippen LogP contribution in [0.25, 0.3) is 11.0 Å². The van der Waals surface area contributed by atoms with E-state index in [4.69, 9.17) is 4.42 Å². The van der Waals surface area contributed by atoms with E-state index < -0.39 is 11.8 Å². The van der Waals surface area contributed by atoms with Crippen LogP contribution < -0.4 is 10.9 Å². The van der Waals surface area contributed by atoms with Crippen molar-refractivity contribution in [2.24, 2.45) is 0 Å². The first-order valence-electron chi connectivity index (χ1n) is 8.22. The number of nitrogens with one attached hydrogen (secondary N) is 2. The van der Waals surface area contributed by atoms with Crippen molar-refractivity contribution < 1.29 is 14.0 Å². The molecule has 8 heteroatoms. The maximum atomic E-state index is 12.1. The zero-order valence-electron chi connectivity index (χ0n) is 14.1. The number of para-hydroxylation sites is 1. The molecular weight excluding hydrogens is 346 g/mol. The average molecular weight is 361 g/mol. The molecule has 27 heavy (non-hydrogen) atoms. The van der Waals surface area contributed by atoms with Crippen molar-refractivity contribution in [1.29, 1.82) is 0 Å². The highest BCUT2D eigenvalue weighted by Gasteiger charge is 2.11. The largest absolute Gasteiger partial charge is 0.459 e. The normalized spacial score (nSPS) is 10.7. The van der Waals surface area contributed by atoms with Crippen LogP contribution in [0.2, 0.25) is 0 Å². The van der Waals surface area contributed by atoms with Crippen LogP contribution in [0, 0.1) is 0 Å². The highest BCUT2D eigenvalue weighted by atomic mass is 16.3. The molecule has 0 saturated heterocycles. The molecule has 2 aromatic heterocycles. The Bertz CT molecular complexity index is 1080. The van der Waals surface area contributed by atoms with Gasteiger partial charge in [-0.2, -0.15) is 0 Å². The SMILES string of the molecule is O=C(NNC(=O)c1ccco1)c1ccc(Cn2nnc3ccccc32)cc1. The maximum Gasteiger partial charge on any atom is 0.305 e. The number of furan rings is 1. The van der Waals surface area contributed by atoms with Gasteiger partial charge in [-0.1, -0.05) is 29.5 Å². The highest BCUT2D eigenvalue weighted by Crippen LogP contribution is 2.13. The monoisotopic (exact) mass is 361 g/mol. The lowest BCUT2D eigenvalue weighted by molar-refractivity contribution is 0.0831. The Morgan fingerprint density at radius 3 is 2.48 bits per heavy atom. The second kappa shape index (κ2) is 7.12. The Morgan fingerprint density at radius 1 is 0.926 bits per heavy atom. The van der Waals surface area contributed by atoms with Crippen LogP contribution in [0.3, 0.4) is 0 Å². The third-order valence-electron chi connectivity index (χ3n) is 4.00. The summed E-state index contributed by atoms with van der Waals surface area (Å²) in [6, 6.07) is 17.8. The van der Waals surface area contributed by atoms with E-state index in [9.17, 15) is 9.59 Å². The summed E-state index contributed by atoms with van der Waals surface area (Å²) in [5, 5.41) is 8.28. The number of rotatable bonds is 4. The minimum atomic E-state index is -0.525. The number of fused-ring (bicyclic) bond motifs is 1. The van der Waals surface area contributed by atoms with E-state index in [2.05, 4.69) is 21.2 Å². The van der Waals surface area contributed by atoms with Gasteiger partial charge in [-0.05, 0) is 42.0 Å². The quantitative estimate of drug-likeness (QED) is 0.542. The van der Waals surface area contributed by atoms with Crippen molar-refractivity contribution in [2.45, 2.75) is 6.54 Å². The molecule has 2 N–H and O–H groups in total. The van der Waals surface area contributed by atoms with Gasteiger partial charge < -0.3 is 4.42 Å². The number of hydrogen-bond donors (Lipinski definition) is 2. The van der Waals surface area contributed by atoms with E-state index in [1.54, 1.807) is 22.9 Å². The second-order valence-corrected chi connectivity index (χ2v) is 5.82. The van der Waals surface area contributed by atoms with Crippen LogP contribution in [-0.2, 0) is 6.54 Å². The molecule has 4 rings (SSSR count). The summed E-state index contributed by atoms with van der Waals surface area (Å²) in [7, 11) is 0. The Kier molecular flexibility index (Phi) is 4.36. The number of amides is 2. The van der Waals surface area contributed by atoms with Crippen LogP contribution in [0.1, 0.15) is 26.5 Å². The van der Waals surface area contributed by atoms with Crippen LogP contribution >= 0.6 is 0 Å². The molecule has 0 bridgehead atoms. The topological polar surface area (TPSA) is 102 Å². The molecule has 2 heterocycles. The summed E-state index contributed by atoms with van der Waals surface area (Å²) in [6.45, 7) is 0.539. The fourth-order valence-electron chi connectivity index (χ4n) is 2.62. The van der Waals surface area contributed by atoms with E-state index in [0.29, 0.717) is 12.1 Å². The molecule has 0 radical (unpaired) electrons. The standard InChI is InChI=1S/C19H15N5O3/c25-18(21-22-19(26)17-6-3-11-27-17)14-9-7-13(8-10-14)12-24-16-5-2-1-4-15(16)20-23-24/h1-11H,12H2,(H,21,25)(H,22,26). The zero-order valence-corrected chi connectivity index (χ0v) is 14.1. The summed E-state index contributed by atoms with van der Waals surface area (Å²) >= 11 is 0. The van der Waals surface area contributed by atoms with Gasteiger partial charge in [-0.15, -0.1) is 5.10 Å². The van der Waals surface area contributed by atoms with Gasteiger partial charge in [0.2, 0.25) is 0 Å². The molecule has 0 aliphatic carbocycles. The third kappa shape index (κ3) is 3.54. The van der Waals surface area contributed by atoms with E-state index >= 15 is 0 Å². The van der Waals surface area contributed by atoms with Crippen LogP contribution in [0.5, 0.6) is 0 Å². The lowest BCUT2D eigenvalue weighted by Crippen LogP contribution is -2.41. The predicted octanol–water partition coefficient (Wildman–Crippen LogP) is 2.15. The molecular formula is C19H15N5O3. The predicted molar refractivity (Wildman–Crippen MR) is 96.7 cm³/mol. The molecule has 0 saturated carbocycles. The number of aromatic nitrogens is 3. The Balaban J connectivity index is 1.39. The van der Waals surface area contributed by atoms with Gasteiger partial charge in [-0.3, -0.25) is 20.4 Å². The fraction of sp³-hybridized carbons (Fsp3) is 0.0526. The maximum absolute atomic E-state index is 12.1. The minimum absolute atomic E-state index is 0.116. The molecule has 4 aromatic rings. The number of benzene rings is 2. The van der Waals surface area contributed by atoms with Gasteiger partial charge in [0.25, 0.3) is 5.91 Å². The van der Waals surface area contributed by atoms with Gasteiger partial charge in [0.15, 0.2) is 5.76 Å². The minimum Gasteiger partial charge on any atom is -0.459 e. The first-order valence-corrected chi connectivity index (χ1v) is 8.22.